The van der Waals surface area contributed by atoms with Crippen molar-refractivity contribution >= 4 is 33.6 Å². The number of aliphatic carboxylic acids is 1. The lowest BCUT2D eigenvalue weighted by atomic mass is 10.1. The summed E-state index contributed by atoms with van der Waals surface area (Å²) in [4.78, 5) is 34.1. The first-order chi connectivity index (χ1) is 9.43. The molecule has 8 heteroatoms. The maximum absolute atomic E-state index is 11.9. The Hall–Kier alpha value is -2.48. The van der Waals surface area contributed by atoms with Gasteiger partial charge in [0, 0.05) is 5.56 Å². The van der Waals surface area contributed by atoms with Gasteiger partial charge in [-0.15, -0.1) is 0 Å². The molecule has 104 valence electrons. The van der Waals surface area contributed by atoms with Crippen LogP contribution in [0.3, 0.4) is 0 Å². The maximum Gasteiger partial charge on any atom is 0.322 e. The van der Waals surface area contributed by atoms with E-state index >= 15 is 0 Å². The number of benzene rings is 1. The molecule has 0 radical (unpaired) electrons. The van der Waals surface area contributed by atoms with Crippen LogP contribution < -0.4 is 5.32 Å². The third-order valence-electron chi connectivity index (χ3n) is 2.58. The second kappa shape index (κ2) is 5.25. The fourth-order valence-corrected chi connectivity index (χ4v) is 2.83. The zero-order chi connectivity index (χ0) is 14.9. The van der Waals surface area contributed by atoms with Crippen molar-refractivity contribution in [1.29, 1.82) is 0 Å². The molecule has 1 aliphatic heterocycles. The average Bonchev–Trinajstić information content (AvgIpc) is 2.43. The molecule has 7 nitrogen and oxygen atoms in total. The van der Waals surface area contributed by atoms with E-state index in [-0.39, 0.29) is 10.5 Å². The van der Waals surface area contributed by atoms with Gasteiger partial charge in [0.2, 0.25) is 0 Å². The van der Waals surface area contributed by atoms with Crippen LogP contribution in [0.2, 0.25) is 0 Å². The van der Waals surface area contributed by atoms with E-state index < -0.39 is 45.7 Å². The summed E-state index contributed by atoms with van der Waals surface area (Å²) in [5.74, 6) is -2.98. The summed E-state index contributed by atoms with van der Waals surface area (Å²) in [5.41, 5.74) is -0.575. The van der Waals surface area contributed by atoms with Crippen molar-refractivity contribution < 1.29 is 28.8 Å². The second-order valence-corrected chi connectivity index (χ2v) is 5.20. The zero-order valence-electron chi connectivity index (χ0n) is 9.95. The number of amides is 1. The first-order valence-corrected chi connectivity index (χ1v) is 6.57. The minimum atomic E-state index is -2.11. The van der Waals surface area contributed by atoms with Gasteiger partial charge in [-0.3, -0.25) is 14.4 Å². The molecule has 1 unspecified atom stereocenters. The molecule has 0 fully saturated rings. The van der Waals surface area contributed by atoms with Crippen molar-refractivity contribution in [2.24, 2.45) is 0 Å². The lowest BCUT2D eigenvalue weighted by Crippen LogP contribution is -2.35. The average molecular weight is 295 g/mol. The molecule has 0 bridgehead atoms. The van der Waals surface area contributed by atoms with Crippen molar-refractivity contribution in [1.82, 2.24) is 5.32 Å². The zero-order valence-corrected chi connectivity index (χ0v) is 10.8. The molecular weight excluding hydrogens is 286 g/mol. The van der Waals surface area contributed by atoms with Crippen LogP contribution in [0, 0.1) is 0 Å². The summed E-state index contributed by atoms with van der Waals surface area (Å²) < 4.78 is 11.9. The Morgan fingerprint density at radius 3 is 2.55 bits per heavy atom. The van der Waals surface area contributed by atoms with E-state index in [1.165, 1.54) is 12.1 Å². The molecule has 0 aromatic heterocycles. The second-order valence-electron chi connectivity index (χ2n) is 3.85. The third-order valence-corrected chi connectivity index (χ3v) is 3.87. The Bertz CT molecular complexity index is 678. The van der Waals surface area contributed by atoms with Gasteiger partial charge in [0.1, 0.15) is 28.7 Å². The maximum atomic E-state index is 11.9. The van der Waals surface area contributed by atoms with Crippen LogP contribution in [0.1, 0.15) is 5.56 Å². The van der Waals surface area contributed by atoms with E-state index in [1.54, 1.807) is 12.1 Å². The van der Waals surface area contributed by atoms with Crippen LogP contribution in [-0.4, -0.2) is 38.0 Å². The van der Waals surface area contributed by atoms with Gasteiger partial charge >= 0.3 is 5.97 Å². The van der Waals surface area contributed by atoms with Gasteiger partial charge in [0.25, 0.3) is 11.0 Å². The van der Waals surface area contributed by atoms with Crippen molar-refractivity contribution in [3.8, 4) is 0 Å². The Morgan fingerprint density at radius 1 is 1.25 bits per heavy atom. The minimum absolute atomic E-state index is 0.116. The first-order valence-electron chi connectivity index (χ1n) is 5.42. The number of rotatable bonds is 3. The Morgan fingerprint density at radius 2 is 1.90 bits per heavy atom. The SMILES string of the molecule is O=C(O)CNC(=O)C1=C(O)c2ccccc2S(=O)C1=O. The minimum Gasteiger partial charge on any atom is -0.506 e. The van der Waals surface area contributed by atoms with Crippen molar-refractivity contribution in [2.75, 3.05) is 6.54 Å². The fraction of sp³-hybridized carbons (Fsp3) is 0.0833. The van der Waals surface area contributed by atoms with Crippen LogP contribution in [0.15, 0.2) is 34.7 Å². The molecule has 0 saturated carbocycles. The van der Waals surface area contributed by atoms with Crippen LogP contribution in [0.25, 0.3) is 5.76 Å². The molecule has 0 saturated heterocycles. The van der Waals surface area contributed by atoms with Crippen LogP contribution in [-0.2, 0) is 25.2 Å². The summed E-state index contributed by atoms with van der Waals surface area (Å²) in [6.07, 6.45) is 0. The van der Waals surface area contributed by atoms with E-state index in [0.717, 1.165) is 0 Å². The molecule has 1 amide bonds. The number of carboxylic acids is 1. The first kappa shape index (κ1) is 13.9. The van der Waals surface area contributed by atoms with Crippen molar-refractivity contribution in [3.05, 3.63) is 35.4 Å². The van der Waals surface area contributed by atoms with Gasteiger partial charge in [-0.05, 0) is 12.1 Å². The number of nitrogens with one attached hydrogen (secondary N) is 1. The Balaban J connectivity index is 2.46. The molecule has 3 N–H and O–H groups in total. The number of hydrogen-bond acceptors (Lipinski definition) is 5. The summed E-state index contributed by atoms with van der Waals surface area (Å²) in [6.45, 7) is -0.711. The van der Waals surface area contributed by atoms with Gasteiger partial charge in [-0.25, -0.2) is 4.21 Å². The molecule has 20 heavy (non-hydrogen) atoms. The summed E-state index contributed by atoms with van der Waals surface area (Å²) in [5, 5.41) is 19.3. The van der Waals surface area contributed by atoms with E-state index in [2.05, 4.69) is 0 Å². The van der Waals surface area contributed by atoms with E-state index in [1.807, 2.05) is 5.32 Å². The van der Waals surface area contributed by atoms with E-state index in [4.69, 9.17) is 5.11 Å². The fourth-order valence-electron chi connectivity index (χ4n) is 1.69. The number of carboxylic acid groups (broad SMARTS) is 1. The van der Waals surface area contributed by atoms with Gasteiger partial charge < -0.3 is 15.5 Å². The highest BCUT2D eigenvalue weighted by atomic mass is 32.2. The monoisotopic (exact) mass is 295 g/mol. The Labute approximate surface area is 115 Å². The lowest BCUT2D eigenvalue weighted by molar-refractivity contribution is -0.137. The number of hydrogen-bond donors (Lipinski definition) is 3. The third kappa shape index (κ3) is 2.32. The predicted molar refractivity (Wildman–Crippen MR) is 68.1 cm³/mol. The summed E-state index contributed by atoms with van der Waals surface area (Å²) in [7, 11) is -2.11. The number of fused-ring (bicyclic) bond motifs is 1. The van der Waals surface area contributed by atoms with E-state index in [9.17, 15) is 23.7 Å². The van der Waals surface area contributed by atoms with Crippen LogP contribution in [0.5, 0.6) is 0 Å². The Kier molecular flexibility index (Phi) is 3.66. The van der Waals surface area contributed by atoms with Crippen molar-refractivity contribution in [2.45, 2.75) is 4.90 Å². The normalized spacial score (nSPS) is 17.6. The van der Waals surface area contributed by atoms with E-state index in [0.29, 0.717) is 0 Å². The van der Waals surface area contributed by atoms with Crippen LogP contribution >= 0.6 is 0 Å². The highest BCUT2D eigenvalue weighted by Crippen LogP contribution is 2.30. The molecule has 0 aliphatic carbocycles. The van der Waals surface area contributed by atoms with Crippen LogP contribution in [0.4, 0.5) is 0 Å². The smallest absolute Gasteiger partial charge is 0.322 e. The summed E-state index contributed by atoms with van der Waals surface area (Å²) in [6, 6.07) is 5.92. The quantitative estimate of drug-likeness (QED) is 0.664. The number of aliphatic hydroxyl groups excluding tert-OH is 1. The molecule has 0 spiro atoms. The molecule has 1 aromatic rings. The van der Waals surface area contributed by atoms with Gasteiger partial charge in [0.05, 0.1) is 4.90 Å². The number of aliphatic hydroxyl groups is 1. The molecule has 1 aliphatic rings. The standard InChI is InChI=1S/C12H9NO6S/c14-8(15)5-13-11(17)9-10(16)6-3-1-2-4-7(6)20(19)12(9)18/h1-4,16H,5H2,(H,13,17)(H,14,15). The molecule has 1 aromatic carbocycles. The van der Waals surface area contributed by atoms with Crippen molar-refractivity contribution in [3.63, 3.8) is 0 Å². The molecule has 1 atom stereocenters. The number of carbonyl (C=O) groups is 3. The topological polar surface area (TPSA) is 121 Å². The lowest BCUT2D eigenvalue weighted by Gasteiger charge is -2.17. The largest absolute Gasteiger partial charge is 0.506 e. The van der Waals surface area contributed by atoms with Gasteiger partial charge in [0.15, 0.2) is 0 Å². The van der Waals surface area contributed by atoms with Gasteiger partial charge in [-0.1, -0.05) is 12.1 Å². The highest BCUT2D eigenvalue weighted by Gasteiger charge is 2.35. The number of carbonyl (C=O) groups excluding carboxylic acids is 2. The predicted octanol–water partition coefficient (Wildman–Crippen LogP) is -0.196. The highest BCUT2D eigenvalue weighted by molar-refractivity contribution is 8.01. The molecule has 1 heterocycles. The summed E-state index contributed by atoms with van der Waals surface area (Å²) >= 11 is 0. The molecular formula is C12H9NO6S. The molecule has 2 rings (SSSR count). The van der Waals surface area contributed by atoms with Gasteiger partial charge in [-0.2, -0.15) is 0 Å².